The number of para-hydroxylation sites is 2. The standard InChI is InChI=1S/C48H56N4O6/c1-33(47(56)38-13-5-3-6-14-38)52(2)31-41-29-44(37-22-20-34(32-53)21-23-37)58-48(57-41)39-26-24-36(25-27-39)40-15-11-12-35(28-40)30-50-45(54)18-7-4-8-19-46(55)51-43-17-10-9-16-42(43)49/h3,5-6,9-17,20-28,33,41,44,47-48,53,56H,4,7-8,18-19,29-32,49H2,1-2H3,(H,50,54)(H,51,55)/t33-,41+,44-,47-,48-/m0/s1. The third kappa shape index (κ3) is 11.8. The molecule has 10 heteroatoms. The van der Waals surface area contributed by atoms with Crippen molar-refractivity contribution in [3.8, 4) is 11.1 Å². The van der Waals surface area contributed by atoms with Crippen LogP contribution in [0.15, 0.2) is 127 Å². The van der Waals surface area contributed by atoms with Crippen LogP contribution in [0, 0.1) is 0 Å². The van der Waals surface area contributed by atoms with Gasteiger partial charge in [-0.1, -0.05) is 116 Å². The van der Waals surface area contributed by atoms with E-state index in [1.165, 1.54) is 0 Å². The van der Waals surface area contributed by atoms with E-state index in [0.29, 0.717) is 56.6 Å². The minimum Gasteiger partial charge on any atom is -0.397 e. The number of carbonyl (C=O) groups excluding carboxylic acids is 2. The van der Waals surface area contributed by atoms with Crippen molar-refractivity contribution in [3.63, 3.8) is 0 Å². The Morgan fingerprint density at radius 2 is 1.47 bits per heavy atom. The first-order valence-corrected chi connectivity index (χ1v) is 20.2. The molecule has 58 heavy (non-hydrogen) atoms. The van der Waals surface area contributed by atoms with Crippen LogP contribution in [0.2, 0.25) is 0 Å². The van der Waals surface area contributed by atoms with Crippen LogP contribution in [0.4, 0.5) is 11.4 Å². The van der Waals surface area contributed by atoms with Crippen LogP contribution in [0.1, 0.15) is 91.8 Å². The van der Waals surface area contributed by atoms with Gasteiger partial charge in [0.2, 0.25) is 11.8 Å². The van der Waals surface area contributed by atoms with E-state index in [-0.39, 0.29) is 36.7 Å². The Hall–Kier alpha value is -5.36. The molecule has 10 nitrogen and oxygen atoms in total. The molecule has 1 aliphatic rings. The van der Waals surface area contributed by atoms with Crippen LogP contribution in [0.25, 0.3) is 11.1 Å². The second-order valence-electron chi connectivity index (χ2n) is 15.2. The number of nitrogen functional groups attached to an aromatic ring is 1. The third-order valence-electron chi connectivity index (χ3n) is 10.9. The number of likely N-dealkylation sites (N-methyl/N-ethyl adjacent to an activating group) is 1. The molecule has 304 valence electrons. The molecule has 0 aliphatic carbocycles. The Bertz CT molecular complexity index is 2060. The van der Waals surface area contributed by atoms with E-state index >= 15 is 0 Å². The number of nitrogens with one attached hydrogen (secondary N) is 2. The van der Waals surface area contributed by atoms with Crippen molar-refractivity contribution >= 4 is 23.2 Å². The minimum absolute atomic E-state index is 0.0160. The van der Waals surface area contributed by atoms with Crippen LogP contribution in [-0.4, -0.2) is 52.7 Å². The number of amides is 2. The zero-order valence-electron chi connectivity index (χ0n) is 33.4. The second kappa shape index (κ2) is 20.9. The number of hydrogen-bond acceptors (Lipinski definition) is 8. The summed E-state index contributed by atoms with van der Waals surface area (Å²) >= 11 is 0. The van der Waals surface area contributed by atoms with Gasteiger partial charge in [-0.15, -0.1) is 0 Å². The number of unbranched alkanes of at least 4 members (excludes halogenated alkanes) is 2. The maximum atomic E-state index is 12.6. The molecule has 1 aliphatic heterocycles. The van der Waals surface area contributed by atoms with Crippen molar-refractivity contribution in [1.82, 2.24) is 10.2 Å². The molecule has 1 heterocycles. The van der Waals surface area contributed by atoms with Gasteiger partial charge in [-0.2, -0.15) is 0 Å². The van der Waals surface area contributed by atoms with Gasteiger partial charge in [-0.3, -0.25) is 14.5 Å². The topological polar surface area (TPSA) is 146 Å². The molecule has 0 unspecified atom stereocenters. The number of aliphatic hydroxyl groups is 2. The van der Waals surface area contributed by atoms with Crippen LogP contribution >= 0.6 is 0 Å². The molecule has 5 atom stereocenters. The highest BCUT2D eigenvalue weighted by Gasteiger charge is 2.34. The molecule has 0 spiro atoms. The summed E-state index contributed by atoms with van der Waals surface area (Å²) < 4.78 is 13.2. The first kappa shape index (κ1) is 42.3. The lowest BCUT2D eigenvalue weighted by atomic mass is 9.98. The van der Waals surface area contributed by atoms with Gasteiger partial charge < -0.3 is 36.1 Å². The zero-order valence-corrected chi connectivity index (χ0v) is 33.4. The molecule has 2 amide bonds. The van der Waals surface area contributed by atoms with Crippen molar-refractivity contribution < 1.29 is 29.3 Å². The molecule has 0 bridgehead atoms. The summed E-state index contributed by atoms with van der Waals surface area (Å²) in [4.78, 5) is 27.0. The fourth-order valence-corrected chi connectivity index (χ4v) is 7.24. The summed E-state index contributed by atoms with van der Waals surface area (Å²) in [7, 11) is 2.01. The summed E-state index contributed by atoms with van der Waals surface area (Å²) in [6, 6.07) is 41.0. The maximum Gasteiger partial charge on any atom is 0.224 e. The van der Waals surface area contributed by atoms with Gasteiger partial charge in [-0.25, -0.2) is 0 Å². The van der Waals surface area contributed by atoms with Crippen LogP contribution in [-0.2, 0) is 32.2 Å². The number of aliphatic hydroxyl groups excluding tert-OH is 2. The molecule has 6 rings (SSSR count). The van der Waals surface area contributed by atoms with Crippen molar-refractivity contribution in [2.24, 2.45) is 0 Å². The summed E-state index contributed by atoms with van der Waals surface area (Å²) in [5.41, 5.74) is 13.8. The number of rotatable bonds is 18. The Morgan fingerprint density at radius 3 is 2.19 bits per heavy atom. The fraction of sp³-hybridized carbons (Fsp3) is 0.333. The summed E-state index contributed by atoms with van der Waals surface area (Å²) in [5.74, 6) is -0.0975. The molecule has 1 fully saturated rings. The van der Waals surface area contributed by atoms with E-state index in [9.17, 15) is 19.8 Å². The number of ether oxygens (including phenoxy) is 2. The van der Waals surface area contributed by atoms with E-state index in [1.54, 1.807) is 12.1 Å². The average Bonchev–Trinajstić information content (AvgIpc) is 3.26. The van der Waals surface area contributed by atoms with Crippen molar-refractivity contribution in [2.75, 3.05) is 24.6 Å². The van der Waals surface area contributed by atoms with E-state index in [0.717, 1.165) is 45.4 Å². The maximum absolute atomic E-state index is 12.6. The van der Waals surface area contributed by atoms with Crippen LogP contribution in [0.5, 0.6) is 0 Å². The number of carbonyl (C=O) groups is 2. The van der Waals surface area contributed by atoms with Crippen molar-refractivity contribution in [1.29, 1.82) is 0 Å². The van der Waals surface area contributed by atoms with Gasteiger partial charge in [-0.05, 0) is 78.4 Å². The van der Waals surface area contributed by atoms with Gasteiger partial charge in [0, 0.05) is 44.0 Å². The molecule has 0 saturated carbocycles. The Labute approximate surface area is 342 Å². The highest BCUT2D eigenvalue weighted by atomic mass is 16.7. The molecular weight excluding hydrogens is 729 g/mol. The number of benzene rings is 5. The Morgan fingerprint density at radius 1 is 0.776 bits per heavy atom. The quantitative estimate of drug-likeness (QED) is 0.0442. The normalized spacial score (nSPS) is 17.7. The van der Waals surface area contributed by atoms with Gasteiger partial charge >= 0.3 is 0 Å². The molecule has 1 saturated heterocycles. The number of hydrogen-bond donors (Lipinski definition) is 5. The highest BCUT2D eigenvalue weighted by Crippen LogP contribution is 2.39. The van der Waals surface area contributed by atoms with Gasteiger partial charge in [0.15, 0.2) is 6.29 Å². The first-order valence-electron chi connectivity index (χ1n) is 20.2. The predicted octanol–water partition coefficient (Wildman–Crippen LogP) is 8.23. The lowest BCUT2D eigenvalue weighted by molar-refractivity contribution is -0.253. The highest BCUT2D eigenvalue weighted by molar-refractivity contribution is 5.93. The Balaban J connectivity index is 1.02. The van der Waals surface area contributed by atoms with E-state index in [4.69, 9.17) is 15.2 Å². The van der Waals surface area contributed by atoms with Crippen molar-refractivity contribution in [2.45, 2.75) is 89.2 Å². The third-order valence-corrected chi connectivity index (χ3v) is 10.9. The second-order valence-corrected chi connectivity index (χ2v) is 15.2. The zero-order chi connectivity index (χ0) is 40.9. The van der Waals surface area contributed by atoms with E-state index < -0.39 is 12.4 Å². The van der Waals surface area contributed by atoms with Crippen molar-refractivity contribution in [3.05, 3.63) is 155 Å². The molecule has 5 aromatic rings. The van der Waals surface area contributed by atoms with Gasteiger partial charge in [0.05, 0.1) is 36.3 Å². The van der Waals surface area contributed by atoms with E-state index in [1.807, 2.05) is 105 Å². The predicted molar refractivity (Wildman–Crippen MR) is 228 cm³/mol. The molecule has 5 aromatic carbocycles. The number of nitrogens with zero attached hydrogens (tertiary/aromatic N) is 1. The molecule has 0 aromatic heterocycles. The smallest absolute Gasteiger partial charge is 0.224 e. The van der Waals surface area contributed by atoms with Crippen LogP contribution in [0.3, 0.4) is 0 Å². The molecular formula is C48H56N4O6. The number of anilines is 2. The summed E-state index contributed by atoms with van der Waals surface area (Å²) in [5, 5.41) is 26.6. The molecule has 6 N–H and O–H groups in total. The number of nitrogens with two attached hydrogens (primary N) is 1. The Kier molecular flexibility index (Phi) is 15.2. The van der Waals surface area contributed by atoms with Crippen LogP contribution < -0.4 is 16.4 Å². The first-order chi connectivity index (χ1) is 28.2. The van der Waals surface area contributed by atoms with Gasteiger partial charge in [0.25, 0.3) is 0 Å². The SMILES string of the molecule is C[C@@H]([C@H](O)c1ccccc1)N(C)C[C@H]1C[C@@H](c2ccc(CO)cc2)O[C@@H](c2ccc(-c3cccc(CNC(=O)CCCCCC(=O)Nc4ccccc4N)c3)cc2)O1. The monoisotopic (exact) mass is 784 g/mol. The van der Waals surface area contributed by atoms with Gasteiger partial charge in [0.1, 0.15) is 0 Å². The van der Waals surface area contributed by atoms with E-state index in [2.05, 4.69) is 39.8 Å². The fourth-order valence-electron chi connectivity index (χ4n) is 7.24. The lowest BCUT2D eigenvalue weighted by Gasteiger charge is -2.39. The average molecular weight is 785 g/mol. The largest absolute Gasteiger partial charge is 0.397 e. The minimum atomic E-state index is -0.643. The summed E-state index contributed by atoms with van der Waals surface area (Å²) in [6.07, 6.45) is 1.96. The molecule has 0 radical (unpaired) electrons. The lowest BCUT2D eigenvalue weighted by Crippen LogP contribution is -2.43. The summed E-state index contributed by atoms with van der Waals surface area (Å²) in [6.45, 7) is 3.03.